The number of aromatic nitrogens is 1. The monoisotopic (exact) mass is 349 g/mol. The highest BCUT2D eigenvalue weighted by Gasteiger charge is 2.08. The van der Waals surface area contributed by atoms with Crippen molar-refractivity contribution < 1.29 is 0 Å². The summed E-state index contributed by atoms with van der Waals surface area (Å²) in [6.07, 6.45) is 2.09. The maximum absolute atomic E-state index is 3.53. The molecule has 1 N–H and O–H groups in total. The molecule has 0 fully saturated rings. The van der Waals surface area contributed by atoms with E-state index in [1.165, 1.54) is 16.5 Å². The van der Waals surface area contributed by atoms with E-state index in [1.54, 1.807) is 0 Å². The molecule has 0 bridgehead atoms. The summed E-state index contributed by atoms with van der Waals surface area (Å²) < 4.78 is 1.67. The van der Waals surface area contributed by atoms with Gasteiger partial charge in [-0.3, -0.25) is 0 Å². The van der Waals surface area contributed by atoms with Gasteiger partial charge < -0.3 is 4.98 Å². The molecule has 2 aromatic rings. The Morgan fingerprint density at radius 2 is 2.23 bits per heavy atom. The van der Waals surface area contributed by atoms with Crippen LogP contribution in [0.1, 0.15) is 16.4 Å². The zero-order valence-electron chi connectivity index (χ0n) is 7.14. The van der Waals surface area contributed by atoms with Crippen LogP contribution in [-0.4, -0.2) is 4.98 Å². The molecule has 1 aromatic heterocycles. The molecule has 0 saturated heterocycles. The first-order valence-corrected chi connectivity index (χ1v) is 6.13. The SMILES string of the molecule is CC(I)c1c[nH]c2c(Br)cccc12. The average Bonchev–Trinajstić information content (AvgIpc) is 2.48. The number of H-pyrrole nitrogens is 1. The van der Waals surface area contributed by atoms with Crippen molar-refractivity contribution in [1.29, 1.82) is 0 Å². The molecule has 0 aliphatic rings. The van der Waals surface area contributed by atoms with Crippen LogP contribution >= 0.6 is 38.5 Å². The fourth-order valence-electron chi connectivity index (χ4n) is 1.47. The Labute approximate surface area is 99.2 Å². The van der Waals surface area contributed by atoms with Crippen molar-refractivity contribution in [1.82, 2.24) is 4.98 Å². The second-order valence-corrected chi connectivity index (χ2v) is 5.75. The normalized spacial score (nSPS) is 13.5. The van der Waals surface area contributed by atoms with Crippen LogP contribution in [0.25, 0.3) is 10.9 Å². The van der Waals surface area contributed by atoms with Crippen LogP contribution in [0.15, 0.2) is 28.9 Å². The third-order valence-electron chi connectivity index (χ3n) is 2.13. The molecule has 0 aliphatic heterocycles. The number of halogens is 2. The quantitative estimate of drug-likeness (QED) is 0.579. The van der Waals surface area contributed by atoms with Gasteiger partial charge in [-0.25, -0.2) is 0 Å². The molecule has 1 atom stereocenters. The summed E-state index contributed by atoms with van der Waals surface area (Å²) in [6.45, 7) is 2.20. The van der Waals surface area contributed by atoms with E-state index >= 15 is 0 Å². The molecule has 1 nitrogen and oxygen atoms in total. The van der Waals surface area contributed by atoms with Gasteiger partial charge in [0.2, 0.25) is 0 Å². The molecule has 1 aromatic carbocycles. The zero-order chi connectivity index (χ0) is 9.42. The predicted octanol–water partition coefficient (Wildman–Crippen LogP) is 4.43. The first kappa shape index (κ1) is 9.52. The summed E-state index contributed by atoms with van der Waals surface area (Å²) in [5, 5.41) is 1.32. The molecular weight excluding hydrogens is 341 g/mol. The lowest BCUT2D eigenvalue weighted by Gasteiger charge is -2.00. The van der Waals surface area contributed by atoms with Crippen molar-refractivity contribution in [3.63, 3.8) is 0 Å². The molecule has 0 saturated carbocycles. The Kier molecular flexibility index (Phi) is 2.65. The lowest BCUT2D eigenvalue weighted by molar-refractivity contribution is 1.16. The van der Waals surface area contributed by atoms with Gasteiger partial charge in [0.1, 0.15) is 0 Å². The van der Waals surface area contributed by atoms with Crippen molar-refractivity contribution in [3.8, 4) is 0 Å². The molecule has 2 rings (SSSR count). The standard InChI is InChI=1S/C10H9BrIN/c1-6(12)8-5-13-10-7(8)3-2-4-9(10)11/h2-6,13H,1H3. The molecule has 0 aliphatic carbocycles. The summed E-state index contributed by atoms with van der Waals surface area (Å²) >= 11 is 5.96. The Morgan fingerprint density at radius 1 is 1.46 bits per heavy atom. The van der Waals surface area contributed by atoms with E-state index in [4.69, 9.17) is 0 Å². The van der Waals surface area contributed by atoms with Crippen LogP contribution < -0.4 is 0 Å². The van der Waals surface area contributed by atoms with Crippen LogP contribution in [0, 0.1) is 0 Å². The fraction of sp³-hybridized carbons (Fsp3) is 0.200. The maximum Gasteiger partial charge on any atom is 0.0601 e. The summed E-state index contributed by atoms with van der Waals surface area (Å²) in [7, 11) is 0. The summed E-state index contributed by atoms with van der Waals surface area (Å²) in [5.41, 5.74) is 2.57. The number of para-hydroxylation sites is 1. The predicted molar refractivity (Wildman–Crippen MR) is 68.4 cm³/mol. The summed E-state index contributed by atoms with van der Waals surface area (Å²) in [4.78, 5) is 3.29. The van der Waals surface area contributed by atoms with E-state index in [2.05, 4.69) is 74.8 Å². The van der Waals surface area contributed by atoms with E-state index in [0.717, 1.165) is 4.47 Å². The van der Waals surface area contributed by atoms with Crippen LogP contribution in [0.4, 0.5) is 0 Å². The lowest BCUT2D eigenvalue weighted by atomic mass is 10.1. The van der Waals surface area contributed by atoms with Crippen LogP contribution in [-0.2, 0) is 0 Å². The van der Waals surface area contributed by atoms with Gasteiger partial charge in [0.25, 0.3) is 0 Å². The van der Waals surface area contributed by atoms with E-state index in [-0.39, 0.29) is 0 Å². The van der Waals surface area contributed by atoms with E-state index in [1.807, 2.05) is 0 Å². The largest absolute Gasteiger partial charge is 0.360 e. The minimum Gasteiger partial charge on any atom is -0.360 e. The minimum atomic E-state index is 0.542. The van der Waals surface area contributed by atoms with Crippen molar-refractivity contribution >= 4 is 49.4 Å². The van der Waals surface area contributed by atoms with Gasteiger partial charge in [-0.2, -0.15) is 0 Å². The number of hydrogen-bond donors (Lipinski definition) is 1. The number of benzene rings is 1. The molecule has 68 valence electrons. The third-order valence-corrected chi connectivity index (χ3v) is 3.46. The van der Waals surface area contributed by atoms with Crippen LogP contribution in [0.2, 0.25) is 0 Å². The Morgan fingerprint density at radius 3 is 2.92 bits per heavy atom. The van der Waals surface area contributed by atoms with Gasteiger partial charge in [0, 0.05) is 20.0 Å². The minimum absolute atomic E-state index is 0.542. The number of fused-ring (bicyclic) bond motifs is 1. The summed E-state index contributed by atoms with van der Waals surface area (Å²) in [5.74, 6) is 0. The van der Waals surface area contributed by atoms with Crippen molar-refractivity contribution in [2.45, 2.75) is 10.8 Å². The van der Waals surface area contributed by atoms with E-state index in [0.29, 0.717) is 3.92 Å². The molecular formula is C10H9BrIN. The Bertz CT molecular complexity index is 433. The van der Waals surface area contributed by atoms with E-state index in [9.17, 15) is 0 Å². The van der Waals surface area contributed by atoms with Gasteiger partial charge in [0.15, 0.2) is 0 Å². The Balaban J connectivity index is 2.75. The molecule has 3 heteroatoms. The average molecular weight is 350 g/mol. The highest BCUT2D eigenvalue weighted by Crippen LogP contribution is 2.32. The first-order valence-electron chi connectivity index (χ1n) is 4.09. The van der Waals surface area contributed by atoms with E-state index < -0.39 is 0 Å². The second-order valence-electron chi connectivity index (χ2n) is 3.02. The molecule has 13 heavy (non-hydrogen) atoms. The van der Waals surface area contributed by atoms with Gasteiger partial charge in [0.05, 0.1) is 5.52 Å². The highest BCUT2D eigenvalue weighted by atomic mass is 127. The van der Waals surface area contributed by atoms with Gasteiger partial charge >= 0.3 is 0 Å². The van der Waals surface area contributed by atoms with Crippen molar-refractivity contribution in [2.24, 2.45) is 0 Å². The van der Waals surface area contributed by atoms with Crippen LogP contribution in [0.5, 0.6) is 0 Å². The molecule has 0 amide bonds. The lowest BCUT2D eigenvalue weighted by Crippen LogP contribution is -1.79. The first-order chi connectivity index (χ1) is 6.20. The smallest absolute Gasteiger partial charge is 0.0601 e. The van der Waals surface area contributed by atoms with Gasteiger partial charge in [-0.15, -0.1) is 0 Å². The number of rotatable bonds is 1. The molecule has 0 radical (unpaired) electrons. The van der Waals surface area contributed by atoms with Crippen molar-refractivity contribution in [2.75, 3.05) is 0 Å². The topological polar surface area (TPSA) is 15.8 Å². The molecule has 1 heterocycles. The number of hydrogen-bond acceptors (Lipinski definition) is 0. The van der Waals surface area contributed by atoms with Gasteiger partial charge in [-0.05, 0) is 34.5 Å². The molecule has 1 unspecified atom stereocenters. The van der Waals surface area contributed by atoms with Crippen LogP contribution in [0.3, 0.4) is 0 Å². The highest BCUT2D eigenvalue weighted by molar-refractivity contribution is 14.1. The second kappa shape index (κ2) is 3.61. The number of nitrogens with one attached hydrogen (secondary N) is 1. The van der Waals surface area contributed by atoms with Crippen molar-refractivity contribution in [3.05, 3.63) is 34.4 Å². The fourth-order valence-corrected chi connectivity index (χ4v) is 2.46. The zero-order valence-corrected chi connectivity index (χ0v) is 10.9. The number of alkyl halides is 1. The summed E-state index contributed by atoms with van der Waals surface area (Å²) in [6, 6.07) is 6.28. The third kappa shape index (κ3) is 1.64. The number of aromatic amines is 1. The van der Waals surface area contributed by atoms with Gasteiger partial charge in [-0.1, -0.05) is 34.7 Å². The Hall–Kier alpha value is -0.0300. The molecule has 0 spiro atoms. The maximum atomic E-state index is 3.53.